The smallest absolute Gasteiger partial charge is 0.237 e. The molecule has 2 heterocycles. The zero-order chi connectivity index (χ0) is 12.6. The number of aliphatic hydroxyl groups excluding tert-OH is 1. The Bertz CT molecular complexity index is 416. The van der Waals surface area contributed by atoms with E-state index in [-0.39, 0.29) is 17.2 Å². The monoisotopic (exact) mass is 271 g/mol. The van der Waals surface area contributed by atoms with Crippen LogP contribution in [0.5, 0.6) is 0 Å². The highest BCUT2D eigenvalue weighted by atomic mass is 32.2. The molecule has 0 spiro atoms. The Balaban J connectivity index is 2.15. The maximum absolute atomic E-state index is 11.8. The Labute approximate surface area is 108 Å². The van der Waals surface area contributed by atoms with Gasteiger partial charge in [0.25, 0.3) is 0 Å². The molecule has 3 N–H and O–H groups in total. The quantitative estimate of drug-likeness (QED) is 0.714. The number of nitrogens with two attached hydrogens (primary N) is 1. The van der Waals surface area contributed by atoms with Crippen molar-refractivity contribution in [1.82, 2.24) is 4.90 Å². The molecule has 17 heavy (non-hydrogen) atoms. The van der Waals surface area contributed by atoms with Crippen LogP contribution in [0.1, 0.15) is 6.92 Å². The number of carbonyl (C=O) groups excluding carboxylic acids is 1. The number of hydrogen-bond donors (Lipinski definition) is 2. The summed E-state index contributed by atoms with van der Waals surface area (Å²) in [6, 6.07) is 2.06. The van der Waals surface area contributed by atoms with Crippen LogP contribution in [0.3, 0.4) is 0 Å². The summed E-state index contributed by atoms with van der Waals surface area (Å²) in [4.78, 5) is 13.3. The zero-order valence-electron chi connectivity index (χ0n) is 9.29. The number of nitrogens with zero attached hydrogens (tertiary/aromatic N) is 2. The first kappa shape index (κ1) is 12.8. The lowest BCUT2D eigenvalue weighted by Gasteiger charge is -2.43. The van der Waals surface area contributed by atoms with Crippen molar-refractivity contribution in [3.8, 4) is 6.07 Å². The predicted molar refractivity (Wildman–Crippen MR) is 67.5 cm³/mol. The summed E-state index contributed by atoms with van der Waals surface area (Å²) in [6.07, 6.45) is -0.671. The number of rotatable bonds is 4. The van der Waals surface area contributed by atoms with E-state index >= 15 is 0 Å². The van der Waals surface area contributed by atoms with Gasteiger partial charge >= 0.3 is 0 Å². The number of fused-ring (bicyclic) bond motifs is 1. The van der Waals surface area contributed by atoms with Crippen LogP contribution >= 0.6 is 23.5 Å². The van der Waals surface area contributed by atoms with E-state index in [9.17, 15) is 9.90 Å². The molecule has 0 aromatic heterocycles. The average molecular weight is 271 g/mol. The van der Waals surface area contributed by atoms with Crippen LogP contribution in [0.15, 0.2) is 9.93 Å². The minimum atomic E-state index is -0.671. The highest BCUT2D eigenvalue weighted by molar-refractivity contribution is 8.22. The number of nitriles is 1. The van der Waals surface area contributed by atoms with Gasteiger partial charge in [-0.2, -0.15) is 5.26 Å². The van der Waals surface area contributed by atoms with Gasteiger partial charge < -0.3 is 10.8 Å². The van der Waals surface area contributed by atoms with E-state index < -0.39 is 6.10 Å². The second-order valence-electron chi connectivity index (χ2n) is 3.87. The molecule has 0 aliphatic carbocycles. The number of amides is 1. The van der Waals surface area contributed by atoms with Crippen molar-refractivity contribution in [1.29, 1.82) is 5.26 Å². The van der Waals surface area contributed by atoms with Crippen LogP contribution in [0.25, 0.3) is 0 Å². The number of aliphatic hydroxyl groups is 1. The first-order valence-corrected chi connectivity index (χ1v) is 7.13. The van der Waals surface area contributed by atoms with Crippen LogP contribution in [-0.2, 0) is 4.79 Å². The summed E-state index contributed by atoms with van der Waals surface area (Å²) in [5, 5.41) is 18.5. The van der Waals surface area contributed by atoms with E-state index in [0.717, 1.165) is 9.99 Å². The third kappa shape index (κ3) is 1.95. The van der Waals surface area contributed by atoms with Gasteiger partial charge in [-0.1, -0.05) is 11.8 Å². The molecule has 2 rings (SSSR count). The normalized spacial score (nSPS) is 28.8. The van der Waals surface area contributed by atoms with Gasteiger partial charge in [0, 0.05) is 12.3 Å². The summed E-state index contributed by atoms with van der Waals surface area (Å²) in [5.41, 5.74) is 5.84. The Hall–Kier alpha value is -0.680. The van der Waals surface area contributed by atoms with E-state index in [1.54, 1.807) is 6.92 Å². The molecule has 2 aliphatic heterocycles. The lowest BCUT2D eigenvalue weighted by molar-refractivity contribution is -0.151. The fraction of sp³-hybridized carbons (Fsp3) is 0.600. The van der Waals surface area contributed by atoms with Crippen LogP contribution < -0.4 is 5.73 Å². The molecule has 7 heteroatoms. The average Bonchev–Trinajstić information content (AvgIpc) is 2.59. The highest BCUT2D eigenvalue weighted by Crippen LogP contribution is 2.53. The summed E-state index contributed by atoms with van der Waals surface area (Å²) in [5.74, 6) is 0.179. The topological polar surface area (TPSA) is 90.3 Å². The molecule has 0 aromatic carbocycles. The van der Waals surface area contributed by atoms with Crippen LogP contribution in [0.2, 0.25) is 0 Å². The minimum Gasteiger partial charge on any atom is -0.392 e. The SMILES string of the molecule is CC(O)[C@H]1C(=O)N2C(C#N)=C(SCCN)S[C@H]12. The van der Waals surface area contributed by atoms with E-state index in [1.807, 2.05) is 0 Å². The molecule has 0 aromatic rings. The molecular weight excluding hydrogens is 258 g/mol. The van der Waals surface area contributed by atoms with Gasteiger partial charge in [-0.15, -0.1) is 11.8 Å². The molecule has 1 fully saturated rings. The fourth-order valence-electron chi connectivity index (χ4n) is 1.91. The lowest BCUT2D eigenvalue weighted by atomic mass is 9.92. The molecule has 0 radical (unpaired) electrons. The second kappa shape index (κ2) is 4.90. The van der Waals surface area contributed by atoms with Crippen molar-refractivity contribution in [2.75, 3.05) is 12.3 Å². The Morgan fingerprint density at radius 3 is 3.00 bits per heavy atom. The third-order valence-corrected chi connectivity index (χ3v) is 5.41. The molecule has 1 amide bonds. The number of β-lactam (4-membered cyclic amide) rings is 1. The highest BCUT2D eigenvalue weighted by Gasteiger charge is 2.56. The minimum absolute atomic E-state index is 0.113. The molecule has 0 saturated carbocycles. The number of allylic oxidation sites excluding steroid dienone is 1. The van der Waals surface area contributed by atoms with Crippen LogP contribution in [-0.4, -0.2) is 39.7 Å². The van der Waals surface area contributed by atoms with Gasteiger partial charge in [-0.25, -0.2) is 0 Å². The Morgan fingerprint density at radius 1 is 1.76 bits per heavy atom. The molecule has 92 valence electrons. The molecule has 1 saturated heterocycles. The summed E-state index contributed by atoms with van der Waals surface area (Å²) in [6.45, 7) is 2.14. The zero-order valence-corrected chi connectivity index (χ0v) is 10.9. The maximum Gasteiger partial charge on any atom is 0.237 e. The lowest BCUT2D eigenvalue weighted by Crippen LogP contribution is -2.59. The van der Waals surface area contributed by atoms with E-state index in [4.69, 9.17) is 11.0 Å². The molecule has 1 unspecified atom stereocenters. The first-order valence-electron chi connectivity index (χ1n) is 5.26. The number of hydrogen-bond acceptors (Lipinski definition) is 6. The van der Waals surface area contributed by atoms with Gasteiger partial charge in [0.15, 0.2) is 0 Å². The van der Waals surface area contributed by atoms with E-state index in [2.05, 4.69) is 6.07 Å². The van der Waals surface area contributed by atoms with Gasteiger partial charge in [0.1, 0.15) is 17.1 Å². The number of carbonyl (C=O) groups is 1. The molecule has 5 nitrogen and oxygen atoms in total. The van der Waals surface area contributed by atoms with Crippen molar-refractivity contribution < 1.29 is 9.90 Å². The summed E-state index contributed by atoms with van der Waals surface area (Å²) in [7, 11) is 0. The van der Waals surface area contributed by atoms with Crippen LogP contribution in [0, 0.1) is 17.2 Å². The van der Waals surface area contributed by atoms with Crippen molar-refractivity contribution in [2.24, 2.45) is 11.7 Å². The van der Waals surface area contributed by atoms with Gasteiger partial charge in [0.2, 0.25) is 5.91 Å². The first-order chi connectivity index (χ1) is 8.11. The van der Waals surface area contributed by atoms with Crippen molar-refractivity contribution in [2.45, 2.75) is 18.4 Å². The second-order valence-corrected chi connectivity index (χ2v) is 6.36. The van der Waals surface area contributed by atoms with Crippen LogP contribution in [0.4, 0.5) is 0 Å². The molecular formula is C10H13N3O2S2. The largest absolute Gasteiger partial charge is 0.392 e. The summed E-state index contributed by atoms with van der Waals surface area (Å²) < 4.78 is 0.847. The van der Waals surface area contributed by atoms with E-state index in [0.29, 0.717) is 12.2 Å². The Kier molecular flexibility index (Phi) is 3.68. The van der Waals surface area contributed by atoms with E-state index in [1.165, 1.54) is 28.4 Å². The van der Waals surface area contributed by atoms with Crippen molar-refractivity contribution >= 4 is 29.4 Å². The molecule has 2 aliphatic rings. The van der Waals surface area contributed by atoms with Crippen molar-refractivity contribution in [3.05, 3.63) is 9.93 Å². The van der Waals surface area contributed by atoms with Crippen molar-refractivity contribution in [3.63, 3.8) is 0 Å². The predicted octanol–water partition coefficient (Wildman–Crippen LogP) is 0.283. The summed E-state index contributed by atoms with van der Waals surface area (Å²) >= 11 is 2.98. The number of thioether (sulfide) groups is 2. The molecule has 3 atom stereocenters. The van der Waals surface area contributed by atoms with Gasteiger partial charge in [-0.05, 0) is 6.92 Å². The van der Waals surface area contributed by atoms with Gasteiger partial charge in [0.05, 0.1) is 16.3 Å². The standard InChI is InChI=1S/C10H13N3O2S2/c1-5(14)7-8(15)13-6(4-12)10(16-3-2-11)17-9(7)13/h5,7,9,14H,2-3,11H2,1H3/t5?,7-,9+/m0/s1. The fourth-order valence-corrected chi connectivity index (χ4v) is 4.59. The third-order valence-electron chi connectivity index (χ3n) is 2.72. The molecule has 0 bridgehead atoms. The Morgan fingerprint density at radius 2 is 2.47 bits per heavy atom. The maximum atomic E-state index is 11.8. The van der Waals surface area contributed by atoms with Gasteiger partial charge in [-0.3, -0.25) is 9.69 Å².